The lowest BCUT2D eigenvalue weighted by molar-refractivity contribution is 0.217. The van der Waals surface area contributed by atoms with Crippen molar-refractivity contribution < 1.29 is 14.4 Å². The molecule has 0 bridgehead atoms. The average molecular weight is 543 g/mol. The maximum atomic E-state index is 12.8. The van der Waals surface area contributed by atoms with E-state index in [2.05, 4.69) is 36.9 Å². The van der Waals surface area contributed by atoms with E-state index in [4.69, 9.17) is 16.3 Å². The first kappa shape index (κ1) is 26.9. The third-order valence-corrected chi connectivity index (χ3v) is 7.78. The van der Waals surface area contributed by atoms with E-state index in [0.29, 0.717) is 45.5 Å². The zero-order chi connectivity index (χ0) is 26.6. The minimum Gasteiger partial charge on any atom is -0.495 e. The Hall–Kier alpha value is -3.10. The Labute approximate surface area is 222 Å². The number of aromatic nitrogens is 2. The van der Waals surface area contributed by atoms with Crippen molar-refractivity contribution >= 4 is 52.9 Å². The second-order valence-corrected chi connectivity index (χ2v) is 12.9. The number of halogens is 1. The molecule has 1 aromatic heterocycles. The van der Waals surface area contributed by atoms with Crippen LogP contribution in [-0.4, -0.2) is 66.8 Å². The number of anilines is 5. The monoisotopic (exact) mass is 542 g/mol. The van der Waals surface area contributed by atoms with Gasteiger partial charge >= 0.3 is 0 Å². The van der Waals surface area contributed by atoms with Gasteiger partial charge in [-0.3, -0.25) is 0 Å². The van der Waals surface area contributed by atoms with Crippen molar-refractivity contribution in [2.45, 2.75) is 12.6 Å². The Morgan fingerprint density at radius 3 is 2.68 bits per heavy atom. The van der Waals surface area contributed by atoms with Crippen molar-refractivity contribution in [1.29, 1.82) is 0 Å². The van der Waals surface area contributed by atoms with Crippen molar-refractivity contribution in [1.82, 2.24) is 14.9 Å². The highest BCUT2D eigenvalue weighted by Crippen LogP contribution is 2.39. The van der Waals surface area contributed by atoms with Gasteiger partial charge in [0.15, 0.2) is 5.82 Å². The van der Waals surface area contributed by atoms with Crippen LogP contribution in [0.15, 0.2) is 60.3 Å². The fourth-order valence-corrected chi connectivity index (χ4v) is 5.38. The summed E-state index contributed by atoms with van der Waals surface area (Å²) in [6.45, 7) is 5.12. The number of benzene rings is 2. The van der Waals surface area contributed by atoms with E-state index in [-0.39, 0.29) is 5.95 Å². The number of aliphatic hydroxyl groups is 1. The summed E-state index contributed by atoms with van der Waals surface area (Å²) < 4.78 is 18.3. The van der Waals surface area contributed by atoms with E-state index in [0.717, 1.165) is 18.5 Å². The van der Waals surface area contributed by atoms with Crippen molar-refractivity contribution in [3.05, 3.63) is 65.3 Å². The van der Waals surface area contributed by atoms with E-state index >= 15 is 0 Å². The van der Waals surface area contributed by atoms with Crippen molar-refractivity contribution in [2.75, 3.05) is 56.5 Å². The van der Waals surface area contributed by atoms with Gasteiger partial charge in [0.2, 0.25) is 5.95 Å². The number of para-hydroxylation sites is 1. The van der Waals surface area contributed by atoms with Crippen LogP contribution in [0.1, 0.15) is 6.42 Å². The number of likely N-dealkylation sites (N-methyl/N-ethyl adjacent to an activating group) is 1. The molecule has 11 heteroatoms. The summed E-state index contributed by atoms with van der Waals surface area (Å²) in [6.07, 6.45) is 3.66. The van der Waals surface area contributed by atoms with Crippen LogP contribution in [0.5, 0.6) is 5.75 Å². The topological polar surface area (TPSA) is 112 Å². The number of rotatable bonds is 9. The average Bonchev–Trinajstić information content (AvgIpc) is 2.86. The molecule has 2 aromatic carbocycles. The summed E-state index contributed by atoms with van der Waals surface area (Å²) in [5.41, 5.74) is 2.91. The molecule has 0 fully saturated rings. The van der Waals surface area contributed by atoms with Crippen molar-refractivity contribution in [3.63, 3.8) is 0 Å². The Morgan fingerprint density at radius 1 is 1.16 bits per heavy atom. The van der Waals surface area contributed by atoms with Crippen LogP contribution in [0.3, 0.4) is 0 Å². The van der Waals surface area contributed by atoms with Gasteiger partial charge in [-0.1, -0.05) is 29.8 Å². The lowest BCUT2D eigenvalue weighted by atomic mass is 10.1. The smallest absolute Gasteiger partial charge is 0.229 e. The summed E-state index contributed by atoms with van der Waals surface area (Å²) in [7, 11) is 1.08. The molecule has 3 aromatic rings. The van der Waals surface area contributed by atoms with Gasteiger partial charge in [0.1, 0.15) is 24.1 Å². The maximum absolute atomic E-state index is 12.8. The summed E-state index contributed by atoms with van der Waals surface area (Å²) in [6, 6.07) is 12.8. The van der Waals surface area contributed by atoms with Crippen LogP contribution >= 0.6 is 18.7 Å². The van der Waals surface area contributed by atoms with E-state index in [1.165, 1.54) is 6.20 Å². The normalized spacial score (nSPS) is 15.0. The molecule has 0 saturated heterocycles. The molecule has 2 heterocycles. The number of nitrogens with one attached hydrogen (secondary N) is 3. The molecule has 1 unspecified atom stereocenters. The van der Waals surface area contributed by atoms with Crippen LogP contribution in [0, 0.1) is 0 Å². The van der Waals surface area contributed by atoms with Gasteiger partial charge in [-0.2, -0.15) is 4.98 Å². The first-order valence-electron chi connectivity index (χ1n) is 11.9. The molecule has 4 N–H and O–H groups in total. The molecule has 196 valence electrons. The number of methoxy groups -OCH3 is 1. The molecule has 0 spiro atoms. The van der Waals surface area contributed by atoms with Gasteiger partial charge in [-0.15, -0.1) is 0 Å². The largest absolute Gasteiger partial charge is 0.495 e. The van der Waals surface area contributed by atoms with Crippen LogP contribution in [0.25, 0.3) is 0 Å². The van der Waals surface area contributed by atoms with Gasteiger partial charge in [0.05, 0.1) is 24.7 Å². The van der Waals surface area contributed by atoms with E-state index in [9.17, 15) is 9.67 Å². The predicted molar refractivity (Wildman–Crippen MR) is 152 cm³/mol. The zero-order valence-electron chi connectivity index (χ0n) is 21.3. The molecule has 0 amide bonds. The standard InChI is InChI=1S/C26H32ClN6O3P/c1-33-13-7-8-17(16-33)25(34)29-18-11-12-22(36-2)21(14-18)31-26-28-15-19(27)24(32-26)30-20-9-5-6-10-23(20)37(3,4)35/h5-6,8-12,14-15,25,29,34H,7,13,16H2,1-4H3,(H2,28,30,31,32). The molecule has 0 aliphatic carbocycles. The Kier molecular flexibility index (Phi) is 8.39. The van der Waals surface area contributed by atoms with Crippen molar-refractivity contribution in [3.8, 4) is 5.75 Å². The highest BCUT2D eigenvalue weighted by molar-refractivity contribution is 7.70. The molecule has 0 saturated carbocycles. The minimum absolute atomic E-state index is 0.285. The number of nitrogens with zero attached hydrogens (tertiary/aromatic N) is 3. The lowest BCUT2D eigenvalue weighted by Gasteiger charge is -2.27. The fraction of sp³-hybridized carbons (Fsp3) is 0.308. The highest BCUT2D eigenvalue weighted by Gasteiger charge is 2.19. The van der Waals surface area contributed by atoms with Crippen LogP contribution in [0.2, 0.25) is 5.02 Å². The Morgan fingerprint density at radius 2 is 1.95 bits per heavy atom. The minimum atomic E-state index is -2.53. The molecule has 1 atom stereocenters. The van der Waals surface area contributed by atoms with Crippen LogP contribution < -0.4 is 26.0 Å². The van der Waals surface area contributed by atoms with Crippen LogP contribution in [-0.2, 0) is 4.57 Å². The molecular formula is C26H32ClN6O3P. The third-order valence-electron chi connectivity index (χ3n) is 5.95. The summed E-state index contributed by atoms with van der Waals surface area (Å²) in [4.78, 5) is 11.0. The molecular weight excluding hydrogens is 511 g/mol. The van der Waals surface area contributed by atoms with E-state index < -0.39 is 13.4 Å². The fourth-order valence-electron chi connectivity index (χ4n) is 4.08. The van der Waals surface area contributed by atoms with Crippen LogP contribution in [0.4, 0.5) is 28.8 Å². The zero-order valence-corrected chi connectivity index (χ0v) is 23.0. The van der Waals surface area contributed by atoms with Gasteiger partial charge in [-0.25, -0.2) is 4.98 Å². The summed E-state index contributed by atoms with van der Waals surface area (Å²) in [5, 5.41) is 21.3. The summed E-state index contributed by atoms with van der Waals surface area (Å²) >= 11 is 6.39. The van der Waals surface area contributed by atoms with E-state index in [1.54, 1.807) is 26.5 Å². The number of ether oxygens (including phenoxy) is 1. The van der Waals surface area contributed by atoms with E-state index in [1.807, 2.05) is 43.4 Å². The van der Waals surface area contributed by atoms with Crippen molar-refractivity contribution in [2.24, 2.45) is 0 Å². The molecule has 9 nitrogen and oxygen atoms in total. The summed E-state index contributed by atoms with van der Waals surface area (Å²) in [5.74, 6) is 1.23. The number of aliphatic hydroxyl groups excluding tert-OH is 1. The molecule has 1 aliphatic heterocycles. The molecule has 4 rings (SSSR count). The molecule has 0 radical (unpaired) electrons. The SMILES string of the molecule is COc1ccc(NC(O)C2=CCCN(C)C2)cc1Nc1ncc(Cl)c(Nc2ccccc2P(C)(C)=O)n1. The third kappa shape index (κ3) is 6.81. The molecule has 37 heavy (non-hydrogen) atoms. The second kappa shape index (κ2) is 11.5. The predicted octanol–water partition coefficient (Wildman–Crippen LogP) is 4.87. The van der Waals surface area contributed by atoms with Gasteiger partial charge < -0.3 is 35.3 Å². The second-order valence-electron chi connectivity index (χ2n) is 9.28. The number of hydrogen-bond donors (Lipinski definition) is 4. The quantitative estimate of drug-likeness (QED) is 0.171. The number of hydrogen-bond acceptors (Lipinski definition) is 9. The lowest BCUT2D eigenvalue weighted by Crippen LogP contribution is -2.33. The van der Waals surface area contributed by atoms with Gasteiger partial charge in [-0.05, 0) is 62.7 Å². The highest BCUT2D eigenvalue weighted by atomic mass is 35.5. The van der Waals surface area contributed by atoms with Gasteiger partial charge in [0, 0.05) is 24.1 Å². The molecule has 1 aliphatic rings. The maximum Gasteiger partial charge on any atom is 0.229 e. The Balaban J connectivity index is 1.56. The first-order chi connectivity index (χ1) is 17.6. The first-order valence-corrected chi connectivity index (χ1v) is 14.8. The Bertz CT molecular complexity index is 1350. The van der Waals surface area contributed by atoms with Gasteiger partial charge in [0.25, 0.3) is 0 Å².